The van der Waals surface area contributed by atoms with Crippen molar-refractivity contribution in [1.29, 1.82) is 0 Å². The standard InChI is InChI=1S/C24H30N2O2/c1-17-16-19-8-6-7-9-22(19)26(17)23(28)14-15-25(18(2)27)21-12-10-20(11-13-21)24(3,4)5/h6-13,17H,14-16H2,1-5H3. The van der Waals surface area contributed by atoms with E-state index in [1.807, 2.05) is 35.2 Å². The summed E-state index contributed by atoms with van der Waals surface area (Å²) >= 11 is 0. The largest absolute Gasteiger partial charge is 0.312 e. The lowest BCUT2D eigenvalue weighted by Crippen LogP contribution is -2.39. The van der Waals surface area contributed by atoms with Gasteiger partial charge in [-0.05, 0) is 48.1 Å². The van der Waals surface area contributed by atoms with E-state index in [1.54, 1.807) is 11.8 Å². The Morgan fingerprint density at radius 3 is 2.32 bits per heavy atom. The molecule has 148 valence electrons. The van der Waals surface area contributed by atoms with Gasteiger partial charge in [-0.25, -0.2) is 0 Å². The Hall–Kier alpha value is -2.62. The van der Waals surface area contributed by atoms with Gasteiger partial charge < -0.3 is 9.80 Å². The van der Waals surface area contributed by atoms with Gasteiger partial charge >= 0.3 is 0 Å². The predicted octanol–water partition coefficient (Wildman–Crippen LogP) is 4.70. The van der Waals surface area contributed by atoms with E-state index in [0.717, 1.165) is 17.8 Å². The Bertz CT molecular complexity index is 865. The molecule has 0 bridgehead atoms. The number of carbonyl (C=O) groups is 2. The Labute approximate surface area is 168 Å². The average molecular weight is 379 g/mol. The molecule has 0 fully saturated rings. The van der Waals surface area contributed by atoms with E-state index in [0.29, 0.717) is 13.0 Å². The van der Waals surface area contributed by atoms with Crippen LogP contribution in [0.4, 0.5) is 11.4 Å². The summed E-state index contributed by atoms with van der Waals surface area (Å²) < 4.78 is 0. The summed E-state index contributed by atoms with van der Waals surface area (Å²) in [7, 11) is 0. The molecule has 1 aliphatic rings. The van der Waals surface area contributed by atoms with Gasteiger partial charge in [0.2, 0.25) is 11.8 Å². The van der Waals surface area contributed by atoms with Gasteiger partial charge in [-0.3, -0.25) is 9.59 Å². The van der Waals surface area contributed by atoms with E-state index in [4.69, 9.17) is 0 Å². The fourth-order valence-electron chi connectivity index (χ4n) is 3.88. The topological polar surface area (TPSA) is 40.6 Å². The van der Waals surface area contributed by atoms with Crippen molar-refractivity contribution >= 4 is 23.2 Å². The number of hydrogen-bond donors (Lipinski definition) is 0. The van der Waals surface area contributed by atoms with Crippen molar-refractivity contribution in [3.63, 3.8) is 0 Å². The summed E-state index contributed by atoms with van der Waals surface area (Å²) in [4.78, 5) is 28.8. The second-order valence-electron chi connectivity index (χ2n) is 8.66. The zero-order valence-electron chi connectivity index (χ0n) is 17.5. The van der Waals surface area contributed by atoms with E-state index in [1.165, 1.54) is 11.1 Å². The first kappa shape index (κ1) is 20.1. The molecule has 4 nitrogen and oxygen atoms in total. The Morgan fingerprint density at radius 2 is 1.71 bits per heavy atom. The van der Waals surface area contributed by atoms with Gasteiger partial charge in [0.1, 0.15) is 0 Å². The number of rotatable bonds is 4. The first-order chi connectivity index (χ1) is 13.2. The summed E-state index contributed by atoms with van der Waals surface area (Å²) in [5.74, 6) is 0.0150. The van der Waals surface area contributed by atoms with Gasteiger partial charge in [-0.2, -0.15) is 0 Å². The van der Waals surface area contributed by atoms with Crippen molar-refractivity contribution in [3.05, 3.63) is 59.7 Å². The molecule has 1 heterocycles. The number of para-hydroxylation sites is 1. The van der Waals surface area contributed by atoms with E-state index in [2.05, 4.69) is 45.9 Å². The molecular formula is C24H30N2O2. The molecule has 2 aromatic carbocycles. The fraction of sp³-hybridized carbons (Fsp3) is 0.417. The molecular weight excluding hydrogens is 348 g/mol. The summed E-state index contributed by atoms with van der Waals surface area (Å²) in [6, 6.07) is 16.3. The lowest BCUT2D eigenvalue weighted by atomic mass is 9.87. The van der Waals surface area contributed by atoms with E-state index in [-0.39, 0.29) is 23.3 Å². The van der Waals surface area contributed by atoms with Crippen LogP contribution in [0.25, 0.3) is 0 Å². The first-order valence-electron chi connectivity index (χ1n) is 9.97. The summed E-state index contributed by atoms with van der Waals surface area (Å²) in [6.45, 7) is 10.5. The average Bonchev–Trinajstić information content (AvgIpc) is 2.97. The van der Waals surface area contributed by atoms with Gasteiger partial charge in [-0.1, -0.05) is 51.1 Å². The molecule has 0 aromatic heterocycles. The third-order valence-electron chi connectivity index (χ3n) is 5.45. The van der Waals surface area contributed by atoms with Crippen LogP contribution in [-0.4, -0.2) is 24.4 Å². The van der Waals surface area contributed by atoms with Crippen LogP contribution in [0.2, 0.25) is 0 Å². The zero-order chi connectivity index (χ0) is 20.5. The van der Waals surface area contributed by atoms with Gasteiger partial charge in [0.25, 0.3) is 0 Å². The van der Waals surface area contributed by atoms with Gasteiger partial charge in [0.05, 0.1) is 0 Å². The van der Waals surface area contributed by atoms with E-state index < -0.39 is 0 Å². The number of amides is 2. The maximum Gasteiger partial charge on any atom is 0.229 e. The Morgan fingerprint density at radius 1 is 1.07 bits per heavy atom. The molecule has 0 aliphatic carbocycles. The third kappa shape index (κ3) is 4.11. The Balaban J connectivity index is 1.72. The normalized spacial score (nSPS) is 16.0. The van der Waals surface area contributed by atoms with Crippen LogP contribution in [0.5, 0.6) is 0 Å². The Kier molecular flexibility index (Phi) is 5.59. The van der Waals surface area contributed by atoms with Crippen molar-refractivity contribution in [2.24, 2.45) is 0 Å². The SMILES string of the molecule is CC(=O)N(CCC(=O)N1c2ccccc2CC1C)c1ccc(C(C)(C)C)cc1. The first-order valence-corrected chi connectivity index (χ1v) is 9.97. The quantitative estimate of drug-likeness (QED) is 0.773. The highest BCUT2D eigenvalue weighted by atomic mass is 16.2. The molecule has 1 aliphatic heterocycles. The van der Waals surface area contributed by atoms with Crippen LogP contribution in [0.1, 0.15) is 52.2 Å². The highest BCUT2D eigenvalue weighted by Crippen LogP contribution is 2.32. The highest BCUT2D eigenvalue weighted by Gasteiger charge is 2.30. The minimum Gasteiger partial charge on any atom is -0.312 e. The van der Waals surface area contributed by atoms with Gasteiger partial charge in [0.15, 0.2) is 0 Å². The minimum absolute atomic E-state index is 0.0498. The maximum atomic E-state index is 13.0. The number of anilines is 2. The van der Waals surface area contributed by atoms with E-state index in [9.17, 15) is 9.59 Å². The number of carbonyl (C=O) groups excluding carboxylic acids is 2. The maximum absolute atomic E-state index is 13.0. The van der Waals surface area contributed by atoms with Crippen molar-refractivity contribution in [2.75, 3.05) is 16.3 Å². The van der Waals surface area contributed by atoms with Crippen LogP contribution in [0, 0.1) is 0 Å². The summed E-state index contributed by atoms with van der Waals surface area (Å²) in [5.41, 5.74) is 4.34. The molecule has 1 unspecified atom stereocenters. The van der Waals surface area contributed by atoms with Crippen LogP contribution >= 0.6 is 0 Å². The molecule has 28 heavy (non-hydrogen) atoms. The second kappa shape index (κ2) is 7.78. The number of benzene rings is 2. The van der Waals surface area contributed by atoms with E-state index >= 15 is 0 Å². The van der Waals surface area contributed by atoms with Crippen LogP contribution < -0.4 is 9.80 Å². The molecule has 0 saturated carbocycles. The summed E-state index contributed by atoms with van der Waals surface area (Å²) in [5, 5.41) is 0. The number of hydrogen-bond acceptors (Lipinski definition) is 2. The lowest BCUT2D eigenvalue weighted by Gasteiger charge is -2.26. The number of nitrogens with zero attached hydrogens (tertiary/aromatic N) is 2. The molecule has 0 spiro atoms. The summed E-state index contributed by atoms with van der Waals surface area (Å²) in [6.07, 6.45) is 1.19. The van der Waals surface area contributed by atoms with Crippen molar-refractivity contribution < 1.29 is 9.59 Å². The van der Waals surface area contributed by atoms with Gasteiger partial charge in [-0.15, -0.1) is 0 Å². The lowest BCUT2D eigenvalue weighted by molar-refractivity contribution is -0.119. The molecule has 1 atom stereocenters. The van der Waals surface area contributed by atoms with Gasteiger partial charge in [0, 0.05) is 37.3 Å². The smallest absolute Gasteiger partial charge is 0.229 e. The molecule has 2 aromatic rings. The van der Waals surface area contributed by atoms with Crippen LogP contribution in [-0.2, 0) is 21.4 Å². The van der Waals surface area contributed by atoms with Crippen molar-refractivity contribution in [1.82, 2.24) is 0 Å². The predicted molar refractivity (Wildman–Crippen MR) is 115 cm³/mol. The zero-order valence-corrected chi connectivity index (χ0v) is 17.5. The molecule has 2 amide bonds. The molecule has 0 saturated heterocycles. The van der Waals surface area contributed by atoms with Crippen molar-refractivity contribution in [3.8, 4) is 0 Å². The highest BCUT2D eigenvalue weighted by molar-refractivity contribution is 5.98. The molecule has 4 heteroatoms. The van der Waals surface area contributed by atoms with Crippen LogP contribution in [0.15, 0.2) is 48.5 Å². The fourth-order valence-corrected chi connectivity index (χ4v) is 3.88. The van der Waals surface area contributed by atoms with Crippen LogP contribution in [0.3, 0.4) is 0 Å². The molecule has 0 N–H and O–H groups in total. The van der Waals surface area contributed by atoms with Crippen molar-refractivity contribution in [2.45, 2.75) is 58.9 Å². The second-order valence-corrected chi connectivity index (χ2v) is 8.66. The molecule has 0 radical (unpaired) electrons. The third-order valence-corrected chi connectivity index (χ3v) is 5.45. The minimum atomic E-state index is -0.0498. The number of fused-ring (bicyclic) bond motifs is 1. The molecule has 3 rings (SSSR count). The monoisotopic (exact) mass is 378 g/mol.